The number of nitrogens with zero attached hydrogens (tertiary/aromatic N) is 2. The van der Waals surface area contributed by atoms with Gasteiger partial charge in [-0.3, -0.25) is 4.79 Å². The van der Waals surface area contributed by atoms with Gasteiger partial charge < -0.3 is 0 Å². The van der Waals surface area contributed by atoms with E-state index in [1.165, 1.54) is 0 Å². The Morgan fingerprint density at radius 1 is 1.55 bits per heavy atom. The Morgan fingerprint density at radius 3 is 2.82 bits per heavy atom. The van der Waals surface area contributed by atoms with Gasteiger partial charge in [0, 0.05) is 11.4 Å². The summed E-state index contributed by atoms with van der Waals surface area (Å²) < 4.78 is 0. The van der Waals surface area contributed by atoms with E-state index in [2.05, 4.69) is 9.97 Å². The van der Waals surface area contributed by atoms with Gasteiger partial charge in [-0.15, -0.1) is 0 Å². The lowest BCUT2D eigenvalue weighted by atomic mass is 10.3. The van der Waals surface area contributed by atoms with Gasteiger partial charge in [0.25, 0.3) is 0 Å². The van der Waals surface area contributed by atoms with Crippen LogP contribution in [0.25, 0.3) is 0 Å². The number of hydrogen-bond donors (Lipinski definition) is 0. The van der Waals surface area contributed by atoms with E-state index in [0.717, 1.165) is 17.8 Å². The molecular weight excluding hydrogens is 140 g/mol. The first kappa shape index (κ1) is 7.85. The first-order valence-corrected chi connectivity index (χ1v) is 3.56. The molecule has 0 atom stereocenters. The Kier molecular flexibility index (Phi) is 2.31. The molecule has 0 unspecified atom stereocenters. The molecule has 1 rings (SSSR count). The normalized spacial score (nSPS) is 9.64. The molecular formula is C8H10N2O. The lowest BCUT2D eigenvalue weighted by Crippen LogP contribution is -1.98. The maximum atomic E-state index is 10.3. The first-order valence-electron chi connectivity index (χ1n) is 3.56. The first-order chi connectivity index (χ1) is 5.26. The van der Waals surface area contributed by atoms with Gasteiger partial charge in [-0.1, -0.05) is 6.92 Å². The van der Waals surface area contributed by atoms with Crippen molar-refractivity contribution in [2.75, 3.05) is 0 Å². The molecule has 0 N–H and O–H groups in total. The van der Waals surface area contributed by atoms with Crippen LogP contribution in [0.15, 0.2) is 6.07 Å². The van der Waals surface area contributed by atoms with Gasteiger partial charge in [-0.05, 0) is 19.4 Å². The minimum absolute atomic E-state index is 0.279. The molecule has 0 spiro atoms. The third-order valence-electron chi connectivity index (χ3n) is 1.39. The minimum Gasteiger partial charge on any atom is -0.294 e. The van der Waals surface area contributed by atoms with Crippen molar-refractivity contribution < 1.29 is 4.79 Å². The van der Waals surface area contributed by atoms with Crippen LogP contribution in [-0.2, 0) is 6.42 Å². The molecule has 1 aromatic rings. The van der Waals surface area contributed by atoms with Crippen LogP contribution in [-0.4, -0.2) is 16.3 Å². The predicted molar refractivity (Wildman–Crippen MR) is 41.5 cm³/mol. The monoisotopic (exact) mass is 150 g/mol. The third kappa shape index (κ3) is 1.83. The second-order valence-corrected chi connectivity index (χ2v) is 2.33. The molecule has 1 heterocycles. The van der Waals surface area contributed by atoms with E-state index < -0.39 is 0 Å². The van der Waals surface area contributed by atoms with Gasteiger partial charge in [0.15, 0.2) is 12.1 Å². The van der Waals surface area contributed by atoms with E-state index in [9.17, 15) is 4.79 Å². The predicted octanol–water partition coefficient (Wildman–Crippen LogP) is 1.16. The molecule has 11 heavy (non-hydrogen) atoms. The molecule has 0 aliphatic heterocycles. The van der Waals surface area contributed by atoms with Crippen LogP contribution >= 0.6 is 0 Å². The maximum absolute atomic E-state index is 10.3. The zero-order valence-electron chi connectivity index (χ0n) is 6.66. The van der Waals surface area contributed by atoms with Gasteiger partial charge in [-0.25, -0.2) is 9.97 Å². The topological polar surface area (TPSA) is 42.9 Å². The maximum Gasteiger partial charge on any atom is 0.193 e. The lowest BCUT2D eigenvalue weighted by molar-refractivity contribution is 0.111. The van der Waals surface area contributed by atoms with E-state index in [1.807, 2.05) is 19.9 Å². The molecule has 0 aliphatic carbocycles. The van der Waals surface area contributed by atoms with Crippen LogP contribution in [0.4, 0.5) is 0 Å². The zero-order valence-corrected chi connectivity index (χ0v) is 6.66. The standard InChI is InChI=1S/C8H10N2O/c1-3-7-4-6(2)9-8(5-11)10-7/h4-5H,3H2,1-2H3. The quantitative estimate of drug-likeness (QED) is 0.594. The highest BCUT2D eigenvalue weighted by atomic mass is 16.1. The fourth-order valence-electron chi connectivity index (χ4n) is 0.892. The van der Waals surface area contributed by atoms with Crippen LogP contribution in [0.2, 0.25) is 0 Å². The van der Waals surface area contributed by atoms with Gasteiger partial charge in [-0.2, -0.15) is 0 Å². The number of rotatable bonds is 2. The van der Waals surface area contributed by atoms with Crippen molar-refractivity contribution in [3.8, 4) is 0 Å². The van der Waals surface area contributed by atoms with Gasteiger partial charge in [0.2, 0.25) is 0 Å². The summed E-state index contributed by atoms with van der Waals surface area (Å²) >= 11 is 0. The van der Waals surface area contributed by atoms with Gasteiger partial charge >= 0.3 is 0 Å². The molecule has 3 heteroatoms. The average Bonchev–Trinajstić information content (AvgIpc) is 2.03. The highest BCUT2D eigenvalue weighted by Gasteiger charge is 1.97. The second-order valence-electron chi connectivity index (χ2n) is 2.33. The molecule has 58 valence electrons. The Bertz CT molecular complexity index is 271. The summed E-state index contributed by atoms with van der Waals surface area (Å²) in [6.07, 6.45) is 1.51. The fourth-order valence-corrected chi connectivity index (χ4v) is 0.892. The number of aromatic nitrogens is 2. The molecule has 1 aromatic heterocycles. The number of carbonyl (C=O) groups excluding carboxylic acids is 1. The van der Waals surface area contributed by atoms with Crippen LogP contribution in [0.5, 0.6) is 0 Å². The second kappa shape index (κ2) is 3.23. The van der Waals surface area contributed by atoms with Crippen LogP contribution in [0.1, 0.15) is 28.9 Å². The Labute approximate surface area is 65.5 Å². The molecule has 0 bridgehead atoms. The zero-order chi connectivity index (χ0) is 8.27. The summed E-state index contributed by atoms with van der Waals surface area (Å²) in [6.45, 7) is 3.85. The van der Waals surface area contributed by atoms with Crippen LogP contribution < -0.4 is 0 Å². The number of aldehydes is 1. The highest BCUT2D eigenvalue weighted by Crippen LogP contribution is 1.99. The van der Waals surface area contributed by atoms with E-state index in [0.29, 0.717) is 6.29 Å². The van der Waals surface area contributed by atoms with E-state index in [4.69, 9.17) is 0 Å². The SMILES string of the molecule is CCc1cc(C)nc(C=O)n1. The lowest BCUT2D eigenvalue weighted by Gasteiger charge is -1.97. The minimum atomic E-state index is 0.279. The molecule has 0 radical (unpaired) electrons. The number of hydrogen-bond acceptors (Lipinski definition) is 3. The van der Waals surface area contributed by atoms with Crippen molar-refractivity contribution >= 4 is 6.29 Å². The summed E-state index contributed by atoms with van der Waals surface area (Å²) in [7, 11) is 0. The summed E-state index contributed by atoms with van der Waals surface area (Å²) in [5.74, 6) is 0.279. The van der Waals surface area contributed by atoms with Crippen molar-refractivity contribution in [1.29, 1.82) is 0 Å². The Morgan fingerprint density at radius 2 is 2.27 bits per heavy atom. The van der Waals surface area contributed by atoms with Gasteiger partial charge in [0.1, 0.15) is 0 Å². The third-order valence-corrected chi connectivity index (χ3v) is 1.39. The van der Waals surface area contributed by atoms with Crippen molar-refractivity contribution in [2.45, 2.75) is 20.3 Å². The molecule has 3 nitrogen and oxygen atoms in total. The largest absolute Gasteiger partial charge is 0.294 e. The summed E-state index contributed by atoms with van der Waals surface area (Å²) in [5.41, 5.74) is 1.76. The van der Waals surface area contributed by atoms with Crippen molar-refractivity contribution in [3.05, 3.63) is 23.3 Å². The molecule has 0 fully saturated rings. The Balaban J connectivity index is 3.11. The number of carbonyl (C=O) groups is 1. The smallest absolute Gasteiger partial charge is 0.193 e. The molecule has 0 saturated carbocycles. The fraction of sp³-hybridized carbons (Fsp3) is 0.375. The van der Waals surface area contributed by atoms with Crippen molar-refractivity contribution in [1.82, 2.24) is 9.97 Å². The van der Waals surface area contributed by atoms with E-state index >= 15 is 0 Å². The van der Waals surface area contributed by atoms with Crippen LogP contribution in [0, 0.1) is 6.92 Å². The van der Waals surface area contributed by atoms with E-state index in [-0.39, 0.29) is 5.82 Å². The average molecular weight is 150 g/mol. The van der Waals surface area contributed by atoms with Crippen molar-refractivity contribution in [3.63, 3.8) is 0 Å². The molecule has 0 aromatic carbocycles. The summed E-state index contributed by atoms with van der Waals surface area (Å²) in [6, 6.07) is 1.88. The van der Waals surface area contributed by atoms with Crippen LogP contribution in [0.3, 0.4) is 0 Å². The van der Waals surface area contributed by atoms with E-state index in [1.54, 1.807) is 0 Å². The molecule has 0 saturated heterocycles. The summed E-state index contributed by atoms with van der Waals surface area (Å²) in [4.78, 5) is 18.2. The molecule has 0 amide bonds. The van der Waals surface area contributed by atoms with Crippen molar-refractivity contribution in [2.24, 2.45) is 0 Å². The van der Waals surface area contributed by atoms with Gasteiger partial charge in [0.05, 0.1) is 0 Å². The summed E-state index contributed by atoms with van der Waals surface area (Å²) in [5, 5.41) is 0. The highest BCUT2D eigenvalue weighted by molar-refractivity contribution is 5.68. The molecule has 0 aliphatic rings. The Hall–Kier alpha value is -1.25. The number of aryl methyl sites for hydroxylation is 2.